The number of benzene rings is 1. The number of ether oxygens (including phenoxy) is 2. The Bertz CT molecular complexity index is 746. The number of rotatable bonds is 7. The largest absolute Gasteiger partial charge is 0.493 e. The van der Waals surface area contributed by atoms with Crippen LogP contribution in [0.4, 0.5) is 5.82 Å². The lowest BCUT2D eigenvalue weighted by Gasteiger charge is -2.15. The maximum Gasteiger partial charge on any atom is 0.191 e. The predicted molar refractivity (Wildman–Crippen MR) is 105 cm³/mol. The van der Waals surface area contributed by atoms with Crippen molar-refractivity contribution in [1.29, 1.82) is 0 Å². The summed E-state index contributed by atoms with van der Waals surface area (Å²) in [5.74, 6) is 3.08. The summed E-state index contributed by atoms with van der Waals surface area (Å²) in [4.78, 5) is 10.6. The number of nitrogens with zero attached hydrogens (tertiary/aromatic N) is 3. The zero-order valence-electron chi connectivity index (χ0n) is 16.0. The molecule has 1 aromatic heterocycles. The van der Waals surface area contributed by atoms with Gasteiger partial charge in [-0.25, -0.2) is 4.98 Å². The Kier molecular flexibility index (Phi) is 7.08. The van der Waals surface area contributed by atoms with Crippen LogP contribution in [-0.2, 0) is 13.1 Å². The number of aromatic nitrogens is 1. The first-order chi connectivity index (χ1) is 12.6. The summed E-state index contributed by atoms with van der Waals surface area (Å²) in [7, 11) is 8.96. The summed E-state index contributed by atoms with van der Waals surface area (Å²) in [6.07, 6.45) is 1.81. The van der Waals surface area contributed by atoms with Crippen LogP contribution in [0.15, 0.2) is 41.5 Å². The summed E-state index contributed by atoms with van der Waals surface area (Å²) in [5, 5.41) is 6.61. The molecule has 0 atom stereocenters. The van der Waals surface area contributed by atoms with Crippen molar-refractivity contribution in [2.24, 2.45) is 4.99 Å². The van der Waals surface area contributed by atoms with Crippen LogP contribution >= 0.6 is 0 Å². The molecule has 140 valence electrons. The molecule has 2 N–H and O–H groups in total. The Hall–Kier alpha value is -2.96. The lowest BCUT2D eigenvalue weighted by atomic mass is 10.2. The number of pyridine rings is 1. The number of hydrogen-bond acceptors (Lipinski definition) is 5. The number of nitrogens with one attached hydrogen (secondary N) is 2. The van der Waals surface area contributed by atoms with Gasteiger partial charge < -0.3 is 25.0 Å². The highest BCUT2D eigenvalue weighted by Crippen LogP contribution is 2.27. The van der Waals surface area contributed by atoms with Crippen LogP contribution in [0.1, 0.15) is 11.1 Å². The molecule has 7 nitrogen and oxygen atoms in total. The van der Waals surface area contributed by atoms with Gasteiger partial charge in [0.25, 0.3) is 0 Å². The second-order valence-corrected chi connectivity index (χ2v) is 5.89. The molecule has 7 heteroatoms. The maximum absolute atomic E-state index is 5.34. The molecule has 0 aliphatic rings. The van der Waals surface area contributed by atoms with E-state index in [0.29, 0.717) is 24.6 Å². The van der Waals surface area contributed by atoms with Gasteiger partial charge in [-0.1, -0.05) is 6.07 Å². The minimum Gasteiger partial charge on any atom is -0.493 e. The molecule has 0 aliphatic carbocycles. The number of aliphatic imine (C=N–C) groups is 1. The lowest BCUT2D eigenvalue weighted by Crippen LogP contribution is -2.36. The molecule has 1 heterocycles. The van der Waals surface area contributed by atoms with E-state index in [1.54, 1.807) is 21.3 Å². The Morgan fingerprint density at radius 1 is 1.00 bits per heavy atom. The molecule has 0 saturated carbocycles. The van der Waals surface area contributed by atoms with Gasteiger partial charge in [0.15, 0.2) is 17.5 Å². The monoisotopic (exact) mass is 357 g/mol. The van der Waals surface area contributed by atoms with Crippen LogP contribution in [0.2, 0.25) is 0 Å². The van der Waals surface area contributed by atoms with Crippen molar-refractivity contribution in [2.75, 3.05) is 40.3 Å². The SMILES string of the molecule is CN=C(NCc1ccnc(N(C)C)c1)NCc1ccc(OC)c(OC)c1. The van der Waals surface area contributed by atoms with Gasteiger partial charge in [-0.15, -0.1) is 0 Å². The van der Waals surface area contributed by atoms with Gasteiger partial charge in [-0.2, -0.15) is 0 Å². The second kappa shape index (κ2) is 9.50. The quantitative estimate of drug-likeness (QED) is 0.584. The molecule has 0 unspecified atom stereocenters. The summed E-state index contributed by atoms with van der Waals surface area (Å²) in [6, 6.07) is 9.88. The third-order valence-corrected chi connectivity index (χ3v) is 3.86. The highest BCUT2D eigenvalue weighted by molar-refractivity contribution is 5.79. The van der Waals surface area contributed by atoms with E-state index in [1.807, 2.05) is 49.5 Å². The average Bonchev–Trinajstić information content (AvgIpc) is 2.68. The maximum atomic E-state index is 5.34. The van der Waals surface area contributed by atoms with E-state index in [1.165, 1.54) is 0 Å². The predicted octanol–water partition coefficient (Wildman–Crippen LogP) is 2.03. The van der Waals surface area contributed by atoms with E-state index in [4.69, 9.17) is 9.47 Å². The molecule has 26 heavy (non-hydrogen) atoms. The van der Waals surface area contributed by atoms with Crippen molar-refractivity contribution in [1.82, 2.24) is 15.6 Å². The van der Waals surface area contributed by atoms with E-state index >= 15 is 0 Å². The first-order valence-corrected chi connectivity index (χ1v) is 8.35. The van der Waals surface area contributed by atoms with E-state index in [9.17, 15) is 0 Å². The summed E-state index contributed by atoms with van der Waals surface area (Å²) < 4.78 is 10.6. The van der Waals surface area contributed by atoms with Crippen molar-refractivity contribution in [3.63, 3.8) is 0 Å². The van der Waals surface area contributed by atoms with Gasteiger partial charge >= 0.3 is 0 Å². The number of guanidine groups is 1. The van der Waals surface area contributed by atoms with Crippen LogP contribution in [0.3, 0.4) is 0 Å². The molecular weight excluding hydrogens is 330 g/mol. The number of hydrogen-bond donors (Lipinski definition) is 2. The molecule has 0 spiro atoms. The topological polar surface area (TPSA) is 71.0 Å². The van der Waals surface area contributed by atoms with E-state index in [0.717, 1.165) is 22.9 Å². The van der Waals surface area contributed by atoms with Gasteiger partial charge in [-0.3, -0.25) is 4.99 Å². The lowest BCUT2D eigenvalue weighted by molar-refractivity contribution is 0.354. The first kappa shape index (κ1) is 19.4. The van der Waals surface area contributed by atoms with Gasteiger partial charge in [0, 0.05) is 40.4 Å². The smallest absolute Gasteiger partial charge is 0.191 e. The summed E-state index contributed by atoms with van der Waals surface area (Å²) >= 11 is 0. The molecular formula is C19H27N5O2. The zero-order chi connectivity index (χ0) is 18.9. The van der Waals surface area contributed by atoms with Crippen LogP contribution < -0.4 is 25.0 Å². The van der Waals surface area contributed by atoms with Crippen LogP contribution in [0, 0.1) is 0 Å². The third kappa shape index (κ3) is 5.27. The fourth-order valence-corrected chi connectivity index (χ4v) is 2.40. The zero-order valence-corrected chi connectivity index (χ0v) is 16.0. The molecule has 2 aromatic rings. The first-order valence-electron chi connectivity index (χ1n) is 8.35. The Morgan fingerprint density at radius 2 is 1.65 bits per heavy atom. The average molecular weight is 357 g/mol. The minimum absolute atomic E-state index is 0.624. The number of anilines is 1. The van der Waals surface area contributed by atoms with Gasteiger partial charge in [0.1, 0.15) is 5.82 Å². The molecule has 0 radical (unpaired) electrons. The van der Waals surface area contributed by atoms with Crippen molar-refractivity contribution in [2.45, 2.75) is 13.1 Å². The number of methoxy groups -OCH3 is 2. The van der Waals surface area contributed by atoms with Crippen molar-refractivity contribution in [3.05, 3.63) is 47.7 Å². The van der Waals surface area contributed by atoms with E-state index < -0.39 is 0 Å². The van der Waals surface area contributed by atoms with E-state index in [2.05, 4.69) is 26.7 Å². The highest BCUT2D eigenvalue weighted by Gasteiger charge is 2.06. The Morgan fingerprint density at radius 3 is 2.23 bits per heavy atom. The highest BCUT2D eigenvalue weighted by atomic mass is 16.5. The Balaban J connectivity index is 1.93. The van der Waals surface area contributed by atoms with Gasteiger partial charge in [0.2, 0.25) is 0 Å². The van der Waals surface area contributed by atoms with Gasteiger partial charge in [-0.05, 0) is 35.4 Å². The van der Waals surface area contributed by atoms with E-state index in [-0.39, 0.29) is 0 Å². The Labute approximate surface area is 155 Å². The van der Waals surface area contributed by atoms with Crippen molar-refractivity contribution < 1.29 is 9.47 Å². The molecule has 2 rings (SSSR count). The molecule has 0 bridgehead atoms. The molecule has 1 aromatic carbocycles. The third-order valence-electron chi connectivity index (χ3n) is 3.86. The van der Waals surface area contributed by atoms with Crippen LogP contribution in [0.25, 0.3) is 0 Å². The molecule has 0 saturated heterocycles. The van der Waals surface area contributed by atoms with Crippen molar-refractivity contribution >= 4 is 11.8 Å². The summed E-state index contributed by atoms with van der Waals surface area (Å²) in [5.41, 5.74) is 2.21. The second-order valence-electron chi connectivity index (χ2n) is 5.89. The normalized spacial score (nSPS) is 11.0. The van der Waals surface area contributed by atoms with Crippen LogP contribution in [0.5, 0.6) is 11.5 Å². The van der Waals surface area contributed by atoms with Gasteiger partial charge in [0.05, 0.1) is 14.2 Å². The minimum atomic E-state index is 0.624. The van der Waals surface area contributed by atoms with Crippen LogP contribution in [-0.4, -0.2) is 46.3 Å². The fourth-order valence-electron chi connectivity index (χ4n) is 2.40. The summed E-state index contributed by atoms with van der Waals surface area (Å²) in [6.45, 7) is 1.29. The molecule has 0 aliphatic heterocycles. The van der Waals surface area contributed by atoms with Crippen molar-refractivity contribution in [3.8, 4) is 11.5 Å². The molecule has 0 amide bonds. The molecule has 0 fully saturated rings. The standard InChI is InChI=1S/C19H27N5O2/c1-20-19(23-13-15-8-9-21-18(11-15)24(2)3)22-12-14-6-7-16(25-4)17(10-14)26-5/h6-11H,12-13H2,1-5H3,(H2,20,22,23). The fraction of sp³-hybridized carbons (Fsp3) is 0.368.